The Hall–Kier alpha value is -1.55. The molecule has 0 spiro atoms. The third-order valence-electron chi connectivity index (χ3n) is 3.19. The van der Waals surface area contributed by atoms with E-state index in [-0.39, 0.29) is 17.9 Å². The van der Waals surface area contributed by atoms with Crippen LogP contribution in [-0.4, -0.2) is 11.5 Å². The Bertz CT molecular complexity index is 676. The SMILES string of the molecule is CC(C)(C)[NH3+].O=C([O-])CC[C@@H](c1ccccc1)c1ccc(Cl)c(Cl)c1. The van der Waals surface area contributed by atoms with Crippen molar-refractivity contribution in [3.8, 4) is 0 Å². The lowest BCUT2D eigenvalue weighted by molar-refractivity contribution is -0.458. The van der Waals surface area contributed by atoms with Crippen LogP contribution in [0.15, 0.2) is 48.5 Å². The number of hydrogen-bond acceptors (Lipinski definition) is 2. The Labute approximate surface area is 159 Å². The third-order valence-corrected chi connectivity index (χ3v) is 3.92. The molecule has 0 heterocycles. The average molecular weight is 382 g/mol. The maximum atomic E-state index is 10.7. The molecule has 2 aromatic carbocycles. The van der Waals surface area contributed by atoms with E-state index in [4.69, 9.17) is 23.2 Å². The van der Waals surface area contributed by atoms with E-state index in [1.165, 1.54) is 0 Å². The molecule has 0 aliphatic heterocycles. The number of carbonyl (C=O) groups is 1. The quantitative estimate of drug-likeness (QED) is 0.857. The molecule has 3 nitrogen and oxygen atoms in total. The van der Waals surface area contributed by atoms with Gasteiger partial charge in [0.25, 0.3) is 0 Å². The van der Waals surface area contributed by atoms with Gasteiger partial charge in [0.15, 0.2) is 0 Å². The molecule has 5 heteroatoms. The lowest BCUT2D eigenvalue weighted by Gasteiger charge is -2.19. The Morgan fingerprint density at radius 2 is 1.60 bits per heavy atom. The molecule has 0 aliphatic carbocycles. The number of aliphatic carboxylic acids is 1. The van der Waals surface area contributed by atoms with Gasteiger partial charge in [0, 0.05) is 11.9 Å². The molecular formula is C20H25Cl2NO2. The van der Waals surface area contributed by atoms with Gasteiger partial charge in [-0.25, -0.2) is 0 Å². The smallest absolute Gasteiger partial charge is 0.0860 e. The highest BCUT2D eigenvalue weighted by molar-refractivity contribution is 6.42. The lowest BCUT2D eigenvalue weighted by atomic mass is 9.87. The first-order chi connectivity index (χ1) is 11.6. The van der Waals surface area contributed by atoms with Crippen molar-refractivity contribution < 1.29 is 15.6 Å². The molecule has 25 heavy (non-hydrogen) atoms. The molecule has 0 saturated carbocycles. The van der Waals surface area contributed by atoms with Gasteiger partial charge in [-0.1, -0.05) is 59.6 Å². The summed E-state index contributed by atoms with van der Waals surface area (Å²) < 4.78 is 0. The molecule has 2 aromatic rings. The predicted octanol–water partition coefficient (Wildman–Crippen LogP) is 3.68. The highest BCUT2D eigenvalue weighted by Crippen LogP contribution is 2.33. The zero-order valence-electron chi connectivity index (χ0n) is 14.9. The van der Waals surface area contributed by atoms with Crippen LogP contribution in [0, 0.1) is 0 Å². The highest BCUT2D eigenvalue weighted by Gasteiger charge is 2.15. The Kier molecular flexibility index (Phi) is 8.43. The van der Waals surface area contributed by atoms with Gasteiger partial charge in [0.1, 0.15) is 0 Å². The molecule has 136 valence electrons. The lowest BCUT2D eigenvalue weighted by Crippen LogP contribution is -2.67. The van der Waals surface area contributed by atoms with Crippen LogP contribution in [0.25, 0.3) is 0 Å². The van der Waals surface area contributed by atoms with E-state index in [1.54, 1.807) is 12.1 Å². The van der Waals surface area contributed by atoms with Gasteiger partial charge in [-0.05, 0) is 56.9 Å². The van der Waals surface area contributed by atoms with Crippen LogP contribution >= 0.6 is 23.2 Å². The van der Waals surface area contributed by atoms with Crippen LogP contribution in [0.2, 0.25) is 10.0 Å². The van der Waals surface area contributed by atoms with Crippen LogP contribution in [0.4, 0.5) is 0 Å². The van der Waals surface area contributed by atoms with Crippen molar-refractivity contribution in [1.29, 1.82) is 0 Å². The molecular weight excluding hydrogens is 357 g/mol. The molecule has 3 N–H and O–H groups in total. The van der Waals surface area contributed by atoms with Crippen molar-refractivity contribution in [2.75, 3.05) is 0 Å². The number of rotatable bonds is 5. The number of carboxylic acid groups (broad SMARTS) is 1. The second kappa shape index (κ2) is 9.81. The molecule has 2 rings (SSSR count). The second-order valence-corrected chi connectivity index (χ2v) is 7.92. The fourth-order valence-corrected chi connectivity index (χ4v) is 2.51. The average Bonchev–Trinajstić information content (AvgIpc) is 2.50. The van der Waals surface area contributed by atoms with E-state index in [0.717, 1.165) is 11.1 Å². The van der Waals surface area contributed by atoms with Crippen molar-refractivity contribution in [1.82, 2.24) is 0 Å². The molecule has 0 radical (unpaired) electrons. The highest BCUT2D eigenvalue weighted by atomic mass is 35.5. The Balaban J connectivity index is 0.000000550. The number of hydrogen-bond donors (Lipinski definition) is 1. The number of halogens is 2. The van der Waals surface area contributed by atoms with E-state index < -0.39 is 5.97 Å². The van der Waals surface area contributed by atoms with Gasteiger partial charge < -0.3 is 15.6 Å². The third kappa shape index (κ3) is 8.92. The van der Waals surface area contributed by atoms with Crippen LogP contribution in [0.5, 0.6) is 0 Å². The zero-order chi connectivity index (χ0) is 19.0. The normalized spacial score (nSPS) is 12.1. The summed E-state index contributed by atoms with van der Waals surface area (Å²) in [6.07, 6.45) is 0.462. The minimum atomic E-state index is -1.05. The summed E-state index contributed by atoms with van der Waals surface area (Å²) >= 11 is 12.0. The Morgan fingerprint density at radius 1 is 1.04 bits per heavy atom. The molecule has 0 aliphatic rings. The standard InChI is InChI=1S/C16H14Cl2O2.C4H11N/c17-14-8-6-12(10-15(14)18)13(7-9-16(19)20)11-4-2-1-3-5-11;1-4(2,3)5/h1-6,8,10,13H,7,9H2,(H,19,20);5H2,1-3H3/t13-;/m0./s1. The number of carboxylic acids is 1. The summed E-state index contributed by atoms with van der Waals surface area (Å²) in [6, 6.07) is 15.1. The fraction of sp³-hybridized carbons (Fsp3) is 0.350. The predicted molar refractivity (Wildman–Crippen MR) is 102 cm³/mol. The largest absolute Gasteiger partial charge is 0.550 e. The molecule has 0 fully saturated rings. The minimum Gasteiger partial charge on any atom is -0.550 e. The van der Waals surface area contributed by atoms with Gasteiger partial charge in [0.2, 0.25) is 0 Å². The van der Waals surface area contributed by atoms with Crippen molar-refractivity contribution in [2.24, 2.45) is 0 Å². The van der Waals surface area contributed by atoms with Gasteiger partial charge in [-0.15, -0.1) is 0 Å². The molecule has 0 aromatic heterocycles. The summed E-state index contributed by atoms with van der Waals surface area (Å²) in [6.45, 7) is 6.23. The van der Waals surface area contributed by atoms with Crippen molar-refractivity contribution in [2.45, 2.75) is 45.1 Å². The first-order valence-corrected chi connectivity index (χ1v) is 8.88. The van der Waals surface area contributed by atoms with E-state index in [0.29, 0.717) is 16.5 Å². The van der Waals surface area contributed by atoms with Gasteiger partial charge in [0.05, 0.1) is 15.6 Å². The molecule has 0 amide bonds. The monoisotopic (exact) mass is 381 g/mol. The second-order valence-electron chi connectivity index (χ2n) is 7.11. The molecule has 0 unspecified atom stereocenters. The summed E-state index contributed by atoms with van der Waals surface area (Å²) in [4.78, 5) is 10.7. The van der Waals surface area contributed by atoms with Gasteiger partial charge in [-0.2, -0.15) is 0 Å². The summed E-state index contributed by atoms with van der Waals surface area (Å²) in [5.41, 5.74) is 6.02. The van der Waals surface area contributed by atoms with Crippen LogP contribution in [0.1, 0.15) is 50.7 Å². The molecule has 0 saturated heterocycles. The fourth-order valence-electron chi connectivity index (χ4n) is 2.20. The van der Waals surface area contributed by atoms with Crippen LogP contribution < -0.4 is 10.8 Å². The van der Waals surface area contributed by atoms with Crippen molar-refractivity contribution >= 4 is 29.2 Å². The van der Waals surface area contributed by atoms with E-state index in [2.05, 4.69) is 26.5 Å². The number of quaternary nitrogens is 1. The topological polar surface area (TPSA) is 67.8 Å². The Morgan fingerprint density at radius 3 is 2.08 bits per heavy atom. The molecule has 1 atom stereocenters. The van der Waals surface area contributed by atoms with E-state index in [1.807, 2.05) is 36.4 Å². The molecule has 0 bridgehead atoms. The zero-order valence-corrected chi connectivity index (χ0v) is 16.4. The summed E-state index contributed by atoms with van der Waals surface area (Å²) in [7, 11) is 0. The van der Waals surface area contributed by atoms with E-state index in [9.17, 15) is 9.90 Å². The summed E-state index contributed by atoms with van der Waals surface area (Å²) in [5, 5.41) is 11.7. The number of benzene rings is 2. The van der Waals surface area contributed by atoms with Crippen LogP contribution in [-0.2, 0) is 4.79 Å². The summed E-state index contributed by atoms with van der Waals surface area (Å²) in [5.74, 6) is -1.09. The van der Waals surface area contributed by atoms with Crippen molar-refractivity contribution in [3.63, 3.8) is 0 Å². The maximum absolute atomic E-state index is 10.7. The van der Waals surface area contributed by atoms with Gasteiger partial charge in [-0.3, -0.25) is 0 Å². The first-order valence-electron chi connectivity index (χ1n) is 8.13. The minimum absolute atomic E-state index is 0.000192. The van der Waals surface area contributed by atoms with Gasteiger partial charge >= 0.3 is 0 Å². The number of carbonyl (C=O) groups excluding carboxylic acids is 1. The van der Waals surface area contributed by atoms with Crippen molar-refractivity contribution in [3.05, 3.63) is 69.7 Å². The maximum Gasteiger partial charge on any atom is 0.0860 e. The van der Waals surface area contributed by atoms with E-state index >= 15 is 0 Å². The van der Waals surface area contributed by atoms with Crippen LogP contribution in [0.3, 0.4) is 0 Å². The first kappa shape index (κ1) is 21.5.